The van der Waals surface area contributed by atoms with Crippen molar-refractivity contribution in [2.24, 2.45) is 4.99 Å². The van der Waals surface area contributed by atoms with Gasteiger partial charge in [0.2, 0.25) is 12.7 Å². The number of guanidine groups is 1. The number of hydrogen-bond acceptors (Lipinski definition) is 6. The monoisotopic (exact) mass is 448 g/mol. The maximum Gasteiger partial charge on any atom is 0.231 e. The zero-order chi connectivity index (χ0) is 22.5. The zero-order valence-electron chi connectivity index (χ0n) is 18.7. The maximum absolute atomic E-state index is 5.67. The van der Waals surface area contributed by atoms with E-state index in [0.29, 0.717) is 18.4 Å². The molecule has 0 amide bonds. The Balaban J connectivity index is 1.24. The second kappa shape index (κ2) is 9.54. The summed E-state index contributed by atoms with van der Waals surface area (Å²) in [4.78, 5) is 8.97. The van der Waals surface area contributed by atoms with Crippen molar-refractivity contribution >= 4 is 5.96 Å². The Bertz CT molecular complexity index is 1110. The van der Waals surface area contributed by atoms with E-state index in [-0.39, 0.29) is 12.2 Å². The van der Waals surface area contributed by atoms with Crippen molar-refractivity contribution < 1.29 is 18.6 Å². The van der Waals surface area contributed by atoms with E-state index >= 15 is 0 Å². The Morgan fingerprint density at radius 1 is 1.03 bits per heavy atom. The third-order valence-electron chi connectivity index (χ3n) is 6.26. The van der Waals surface area contributed by atoms with Crippen LogP contribution in [0, 0.1) is 0 Å². The van der Waals surface area contributed by atoms with Crippen molar-refractivity contribution in [2.75, 3.05) is 33.6 Å². The highest BCUT2D eigenvalue weighted by Crippen LogP contribution is 2.40. The number of hydrogen-bond donors (Lipinski definition) is 2. The van der Waals surface area contributed by atoms with Gasteiger partial charge in [-0.15, -0.1) is 0 Å². The second-order valence-corrected chi connectivity index (χ2v) is 8.25. The Morgan fingerprint density at radius 3 is 2.67 bits per heavy atom. The molecule has 0 bridgehead atoms. The van der Waals surface area contributed by atoms with Gasteiger partial charge < -0.3 is 29.3 Å². The Hall–Kier alpha value is -3.52. The van der Waals surface area contributed by atoms with Gasteiger partial charge in [0.25, 0.3) is 0 Å². The average Bonchev–Trinajstić information content (AvgIpc) is 3.54. The molecule has 2 aliphatic rings. The highest BCUT2D eigenvalue weighted by molar-refractivity contribution is 5.79. The molecule has 1 fully saturated rings. The summed E-state index contributed by atoms with van der Waals surface area (Å²) in [6.07, 6.45) is 3.51. The van der Waals surface area contributed by atoms with Crippen molar-refractivity contribution in [2.45, 2.75) is 24.8 Å². The fourth-order valence-electron chi connectivity index (χ4n) is 4.31. The van der Waals surface area contributed by atoms with E-state index in [4.69, 9.17) is 18.6 Å². The van der Waals surface area contributed by atoms with Gasteiger partial charge >= 0.3 is 0 Å². The lowest BCUT2D eigenvalue weighted by Crippen LogP contribution is -2.47. The molecule has 33 heavy (non-hydrogen) atoms. The van der Waals surface area contributed by atoms with Gasteiger partial charge in [0.1, 0.15) is 6.26 Å². The van der Waals surface area contributed by atoms with Gasteiger partial charge in [0, 0.05) is 37.8 Å². The first kappa shape index (κ1) is 21.3. The van der Waals surface area contributed by atoms with Crippen molar-refractivity contribution in [3.8, 4) is 23.0 Å². The quantitative estimate of drug-likeness (QED) is 0.441. The summed E-state index contributed by atoms with van der Waals surface area (Å²) >= 11 is 0. The fourth-order valence-corrected chi connectivity index (χ4v) is 4.31. The normalized spacial score (nSPS) is 17.1. The highest BCUT2D eigenvalue weighted by Gasteiger charge is 2.36. The Morgan fingerprint density at radius 2 is 1.85 bits per heavy atom. The first-order valence-electron chi connectivity index (χ1n) is 11.2. The minimum atomic E-state index is -0.0782. The molecular weight excluding hydrogens is 420 g/mol. The number of rotatable bonds is 6. The van der Waals surface area contributed by atoms with Crippen molar-refractivity contribution in [3.63, 3.8) is 0 Å². The number of ether oxygens (including phenoxy) is 3. The van der Waals surface area contributed by atoms with Crippen LogP contribution in [0.3, 0.4) is 0 Å². The van der Waals surface area contributed by atoms with Gasteiger partial charge in [0.15, 0.2) is 17.5 Å². The lowest BCUT2D eigenvalue weighted by atomic mass is 9.74. The Kier molecular flexibility index (Phi) is 6.17. The highest BCUT2D eigenvalue weighted by atomic mass is 16.7. The summed E-state index contributed by atoms with van der Waals surface area (Å²) in [6.45, 7) is 2.96. The molecule has 172 valence electrons. The van der Waals surface area contributed by atoms with Gasteiger partial charge in [-0.05, 0) is 42.7 Å². The summed E-state index contributed by atoms with van der Waals surface area (Å²) in [7, 11) is 1.77. The topological polar surface area (TPSA) is 90.1 Å². The molecule has 3 aromatic rings. The molecular formula is C25H28N4O4. The first-order valence-corrected chi connectivity index (χ1v) is 11.2. The summed E-state index contributed by atoms with van der Waals surface area (Å²) in [6, 6.07) is 16.1. The molecule has 0 saturated carbocycles. The lowest BCUT2D eigenvalue weighted by Gasteiger charge is -2.38. The lowest BCUT2D eigenvalue weighted by molar-refractivity contribution is 0.0513. The van der Waals surface area contributed by atoms with E-state index in [2.05, 4.69) is 32.7 Å². The molecule has 1 aromatic heterocycles. The molecule has 5 rings (SSSR count). The van der Waals surface area contributed by atoms with E-state index in [0.717, 1.165) is 55.4 Å². The molecule has 1 saturated heterocycles. The predicted octanol–water partition coefficient (Wildman–Crippen LogP) is 3.48. The summed E-state index contributed by atoms with van der Waals surface area (Å²) in [5.74, 6) is 2.93. The van der Waals surface area contributed by atoms with Crippen LogP contribution in [0.25, 0.3) is 11.5 Å². The van der Waals surface area contributed by atoms with Crippen LogP contribution in [-0.4, -0.2) is 44.5 Å². The van der Waals surface area contributed by atoms with Crippen molar-refractivity contribution in [1.29, 1.82) is 0 Å². The molecule has 0 aliphatic carbocycles. The standard InChI is InChI=1S/C25H28N4O4/c1-26-24(27-14-20-15-31-23(29-20)18-5-3-2-4-6-18)28-16-25(9-11-30-12-10-25)19-7-8-21-22(13-19)33-17-32-21/h2-8,13,15H,9-12,14,16-17H2,1H3,(H2,26,27,28). The summed E-state index contributed by atoms with van der Waals surface area (Å²) in [5.41, 5.74) is 2.91. The SMILES string of the molecule is CN=C(NCc1coc(-c2ccccc2)n1)NCC1(c2ccc3c(c2)OCO3)CCOCC1. The van der Waals surface area contributed by atoms with E-state index < -0.39 is 0 Å². The van der Waals surface area contributed by atoms with E-state index in [9.17, 15) is 0 Å². The summed E-state index contributed by atoms with van der Waals surface area (Å²) < 4.78 is 22.4. The molecule has 0 radical (unpaired) electrons. The maximum atomic E-state index is 5.67. The number of fused-ring (bicyclic) bond motifs is 1. The third kappa shape index (κ3) is 4.66. The molecule has 8 nitrogen and oxygen atoms in total. The van der Waals surface area contributed by atoms with Gasteiger partial charge in [-0.1, -0.05) is 24.3 Å². The molecule has 0 atom stereocenters. The fraction of sp³-hybridized carbons (Fsp3) is 0.360. The van der Waals surface area contributed by atoms with E-state index in [1.54, 1.807) is 13.3 Å². The van der Waals surface area contributed by atoms with Crippen molar-refractivity contribution in [3.05, 3.63) is 66.1 Å². The predicted molar refractivity (Wildman–Crippen MR) is 124 cm³/mol. The number of nitrogens with one attached hydrogen (secondary N) is 2. The average molecular weight is 449 g/mol. The van der Waals surface area contributed by atoms with Crippen LogP contribution in [0.4, 0.5) is 0 Å². The van der Waals surface area contributed by atoms with Crippen LogP contribution in [-0.2, 0) is 16.7 Å². The van der Waals surface area contributed by atoms with Gasteiger partial charge in [-0.3, -0.25) is 4.99 Å². The number of oxazole rings is 1. The molecule has 8 heteroatoms. The molecule has 0 spiro atoms. The minimum absolute atomic E-state index is 0.0782. The molecule has 3 heterocycles. The first-order chi connectivity index (χ1) is 16.3. The number of aromatic nitrogens is 1. The number of nitrogens with zero attached hydrogens (tertiary/aromatic N) is 2. The van der Waals surface area contributed by atoms with Crippen LogP contribution in [0.2, 0.25) is 0 Å². The zero-order valence-corrected chi connectivity index (χ0v) is 18.7. The minimum Gasteiger partial charge on any atom is -0.454 e. The second-order valence-electron chi connectivity index (χ2n) is 8.25. The molecule has 0 unspecified atom stereocenters. The molecule has 2 N–H and O–H groups in total. The summed E-state index contributed by atoms with van der Waals surface area (Å²) in [5, 5.41) is 6.85. The van der Waals surface area contributed by atoms with Crippen LogP contribution in [0.1, 0.15) is 24.1 Å². The van der Waals surface area contributed by atoms with E-state index in [1.165, 1.54) is 5.56 Å². The van der Waals surface area contributed by atoms with E-state index in [1.807, 2.05) is 36.4 Å². The van der Waals surface area contributed by atoms with Crippen LogP contribution in [0.5, 0.6) is 11.5 Å². The van der Waals surface area contributed by atoms with Crippen molar-refractivity contribution in [1.82, 2.24) is 15.6 Å². The number of benzene rings is 2. The Labute approximate surface area is 193 Å². The molecule has 2 aromatic carbocycles. The van der Waals surface area contributed by atoms with Crippen LogP contribution >= 0.6 is 0 Å². The van der Waals surface area contributed by atoms with Crippen LogP contribution in [0.15, 0.2) is 64.2 Å². The van der Waals surface area contributed by atoms with Gasteiger partial charge in [-0.25, -0.2) is 4.98 Å². The molecule has 2 aliphatic heterocycles. The largest absolute Gasteiger partial charge is 0.454 e. The van der Waals surface area contributed by atoms with Gasteiger partial charge in [-0.2, -0.15) is 0 Å². The van der Waals surface area contributed by atoms with Gasteiger partial charge in [0.05, 0.1) is 12.2 Å². The van der Waals surface area contributed by atoms with Crippen LogP contribution < -0.4 is 20.1 Å². The third-order valence-corrected chi connectivity index (χ3v) is 6.26. The number of aliphatic imine (C=N–C) groups is 1. The smallest absolute Gasteiger partial charge is 0.231 e.